The van der Waals surface area contributed by atoms with Gasteiger partial charge in [-0.2, -0.15) is 30.4 Å². The lowest BCUT2D eigenvalue weighted by Gasteiger charge is -2.08. The van der Waals surface area contributed by atoms with Gasteiger partial charge in [-0.1, -0.05) is 0 Å². The summed E-state index contributed by atoms with van der Waals surface area (Å²) in [5.74, 6) is -1.74. The summed E-state index contributed by atoms with van der Waals surface area (Å²) in [5.41, 5.74) is 11.2. The van der Waals surface area contributed by atoms with Crippen LogP contribution in [0.1, 0.15) is 0 Å². The van der Waals surface area contributed by atoms with Crippen molar-refractivity contribution >= 4 is 84.7 Å². The summed E-state index contributed by atoms with van der Waals surface area (Å²) < 4.78 is 151. The highest BCUT2D eigenvalue weighted by Gasteiger charge is 2.23. The molecule has 0 aliphatic rings. The zero-order valence-electron chi connectivity index (χ0n) is 23.7. The molecule has 0 unspecified atom stereocenters. The molecule has 0 aliphatic heterocycles. The first kappa shape index (κ1) is 38.5. The van der Waals surface area contributed by atoms with Crippen molar-refractivity contribution < 1.29 is 64.1 Å². The van der Waals surface area contributed by atoms with E-state index in [0.29, 0.717) is 6.07 Å². The molecule has 0 saturated carbocycles. The minimum Gasteiger partial charge on any atom is -0.397 e. The summed E-state index contributed by atoms with van der Waals surface area (Å²) in [6, 6.07) is 9.53. The first-order chi connectivity index (χ1) is 22.0. The second kappa shape index (κ2) is 14.6. The van der Waals surface area contributed by atoms with Crippen LogP contribution in [0.3, 0.4) is 0 Å². The summed E-state index contributed by atoms with van der Waals surface area (Å²) in [6.45, 7) is -1.81. The van der Waals surface area contributed by atoms with Crippen molar-refractivity contribution in [1.29, 1.82) is 0 Å². The molecule has 0 amide bonds. The second-order valence-electron chi connectivity index (χ2n) is 9.11. The summed E-state index contributed by atoms with van der Waals surface area (Å²) in [6.07, 6.45) is 0. The Labute approximate surface area is 273 Å². The van der Waals surface area contributed by atoms with Gasteiger partial charge in [0.1, 0.15) is 22.0 Å². The van der Waals surface area contributed by atoms with Crippen LogP contribution in [0.5, 0.6) is 0 Å². The monoisotopic (exact) mass is 772 g/mol. The molecule has 0 fully saturated rings. The van der Waals surface area contributed by atoms with Gasteiger partial charge < -0.3 is 11.5 Å². The molecule has 0 radical (unpaired) electrons. The Kier molecular flexibility index (Phi) is 11.7. The molecule has 0 heterocycles. The molecule has 7 N–H and O–H groups in total. The van der Waals surface area contributed by atoms with Crippen LogP contribution in [0, 0.1) is 0 Å². The Morgan fingerprint density at radius 2 is 0.979 bits per heavy atom. The van der Waals surface area contributed by atoms with Crippen LogP contribution in [0.2, 0.25) is 0 Å². The normalized spacial score (nSPS) is 13.4. The Balaban J connectivity index is 1.86. The highest BCUT2D eigenvalue weighted by atomic mass is 32.3. The average molecular weight is 773 g/mol. The van der Waals surface area contributed by atoms with Crippen LogP contribution >= 0.6 is 0 Å². The summed E-state index contributed by atoms with van der Waals surface area (Å²) in [5, 5.41) is 15.4. The zero-order valence-corrected chi connectivity index (χ0v) is 27.8. The van der Waals surface area contributed by atoms with Gasteiger partial charge in [0.25, 0.3) is 10.1 Å². The van der Waals surface area contributed by atoms with E-state index in [2.05, 4.69) is 28.8 Å². The standard InChI is InChI=1S/C22H24N6O15S5/c23-17-12-18(24)21(13-20(17)27-25-14-1-3-15(4-2-14)44(29,30)9-7-42-47(36,37)38)28-26-19-6-5-16(11-22(19)46(33,34)35)45(31,32)10-8-43-48(39,40)41/h1-6,11-13H,7-10,23-24H2,(H,33,34,35)(H,36,37,38)(H,39,40,41). The molecule has 3 aromatic rings. The third kappa shape index (κ3) is 11.3. The predicted molar refractivity (Wildman–Crippen MR) is 165 cm³/mol. The molecular formula is C22H24N6O15S5. The minimum atomic E-state index is -5.10. The summed E-state index contributed by atoms with van der Waals surface area (Å²) in [4.78, 5) is -1.87. The number of sulfone groups is 2. The minimum absolute atomic E-state index is 0.000560. The van der Waals surface area contributed by atoms with Crippen LogP contribution in [0.25, 0.3) is 0 Å². The topological polar surface area (TPSA) is 351 Å². The van der Waals surface area contributed by atoms with E-state index in [9.17, 15) is 46.6 Å². The number of nitrogens with two attached hydrogens (primary N) is 2. The number of rotatable bonds is 15. The van der Waals surface area contributed by atoms with Gasteiger partial charge in [-0.25, -0.2) is 25.2 Å². The molecule has 0 atom stereocenters. The Hall–Kier alpha value is -3.99. The van der Waals surface area contributed by atoms with Gasteiger partial charge in [0.2, 0.25) is 0 Å². The number of benzene rings is 3. The van der Waals surface area contributed by atoms with Crippen molar-refractivity contribution in [3.8, 4) is 0 Å². The van der Waals surface area contributed by atoms with E-state index >= 15 is 0 Å². The van der Waals surface area contributed by atoms with Gasteiger partial charge in [-0.15, -0.1) is 15.3 Å². The molecule has 48 heavy (non-hydrogen) atoms. The van der Waals surface area contributed by atoms with E-state index in [1.165, 1.54) is 24.3 Å². The number of nitrogen functional groups attached to an aromatic ring is 2. The molecule has 0 aromatic heterocycles. The predicted octanol–water partition coefficient (Wildman–Crippen LogP) is 2.11. The number of hydrogen-bond donors (Lipinski definition) is 5. The first-order valence-electron chi connectivity index (χ1n) is 12.4. The van der Waals surface area contributed by atoms with Crippen LogP contribution in [-0.2, 0) is 59.0 Å². The molecule has 262 valence electrons. The van der Waals surface area contributed by atoms with E-state index in [1.54, 1.807) is 0 Å². The smallest absolute Gasteiger partial charge is 0.397 e. The number of azo groups is 2. The van der Waals surface area contributed by atoms with Crippen LogP contribution in [0.4, 0.5) is 34.1 Å². The number of hydrogen-bond acceptors (Lipinski definition) is 18. The Morgan fingerprint density at radius 1 is 0.542 bits per heavy atom. The maximum atomic E-state index is 12.5. The molecule has 0 bridgehead atoms. The first-order valence-corrected chi connectivity index (χ1v) is 19.9. The van der Waals surface area contributed by atoms with Gasteiger partial charge in [0.05, 0.1) is 51.6 Å². The summed E-state index contributed by atoms with van der Waals surface area (Å²) in [7, 11) is -23.2. The van der Waals surface area contributed by atoms with E-state index in [1.807, 2.05) is 0 Å². The molecule has 21 nitrogen and oxygen atoms in total. The number of nitrogens with zero attached hydrogens (tertiary/aromatic N) is 4. The lowest BCUT2D eigenvalue weighted by Crippen LogP contribution is -2.16. The van der Waals surface area contributed by atoms with Crippen molar-refractivity contribution in [2.45, 2.75) is 14.7 Å². The van der Waals surface area contributed by atoms with Crippen LogP contribution in [0.15, 0.2) is 89.7 Å². The van der Waals surface area contributed by atoms with Crippen molar-refractivity contribution in [2.75, 3.05) is 36.2 Å². The van der Waals surface area contributed by atoms with E-state index in [4.69, 9.17) is 20.6 Å². The zero-order chi connectivity index (χ0) is 36.1. The highest BCUT2D eigenvalue weighted by Crippen LogP contribution is 2.36. The maximum Gasteiger partial charge on any atom is 0.397 e. The quantitative estimate of drug-likeness (QED) is 0.0838. The van der Waals surface area contributed by atoms with Crippen LogP contribution < -0.4 is 11.5 Å². The molecule has 3 rings (SSSR count). The van der Waals surface area contributed by atoms with Crippen molar-refractivity contribution in [3.63, 3.8) is 0 Å². The molecule has 0 aliphatic carbocycles. The Bertz CT molecular complexity index is 2310. The fourth-order valence-corrected chi connectivity index (χ4v) is 7.16. The molecule has 26 heteroatoms. The maximum absolute atomic E-state index is 12.5. The van der Waals surface area contributed by atoms with E-state index in [0.717, 1.165) is 24.3 Å². The average Bonchev–Trinajstić information content (AvgIpc) is 2.94. The van der Waals surface area contributed by atoms with Gasteiger partial charge in [-0.05, 0) is 54.6 Å². The Morgan fingerprint density at radius 3 is 1.46 bits per heavy atom. The fourth-order valence-electron chi connectivity index (χ4n) is 3.44. The second-order valence-corrected chi connectivity index (χ2v) is 16.9. The molecule has 0 saturated heterocycles. The third-order valence-corrected chi connectivity index (χ3v) is 10.8. The largest absolute Gasteiger partial charge is 0.397 e. The SMILES string of the molecule is Nc1cc(N)c(N=Nc2ccc(S(=O)(=O)CCOS(=O)(=O)O)cc2S(=O)(=O)O)cc1N=Nc1ccc(S(=O)(=O)CCOS(=O)(=O)O)cc1. The van der Waals surface area contributed by atoms with E-state index < -0.39 is 90.8 Å². The van der Waals surface area contributed by atoms with Crippen molar-refractivity contribution in [2.24, 2.45) is 20.5 Å². The molecule has 0 spiro atoms. The highest BCUT2D eigenvalue weighted by molar-refractivity contribution is 7.92. The molecule has 3 aromatic carbocycles. The van der Waals surface area contributed by atoms with E-state index in [-0.39, 0.29) is 33.3 Å². The van der Waals surface area contributed by atoms with Crippen molar-refractivity contribution in [1.82, 2.24) is 0 Å². The van der Waals surface area contributed by atoms with Gasteiger partial charge in [0.15, 0.2) is 19.7 Å². The number of anilines is 2. The van der Waals surface area contributed by atoms with Crippen molar-refractivity contribution in [3.05, 3.63) is 54.6 Å². The van der Waals surface area contributed by atoms with Gasteiger partial charge in [0, 0.05) is 0 Å². The van der Waals surface area contributed by atoms with Crippen LogP contribution in [-0.4, -0.2) is 80.5 Å². The van der Waals surface area contributed by atoms with Gasteiger partial charge >= 0.3 is 20.8 Å². The van der Waals surface area contributed by atoms with Gasteiger partial charge in [-0.3, -0.25) is 13.7 Å². The third-order valence-electron chi connectivity index (χ3n) is 5.65. The lowest BCUT2D eigenvalue weighted by molar-refractivity contribution is 0.282. The lowest BCUT2D eigenvalue weighted by atomic mass is 10.2. The fraction of sp³-hybridized carbons (Fsp3) is 0.182. The summed E-state index contributed by atoms with van der Waals surface area (Å²) >= 11 is 0. The molecular weight excluding hydrogens is 749 g/mol.